The molecule has 0 N–H and O–H groups in total. The van der Waals surface area contributed by atoms with Crippen LogP contribution < -0.4 is 0 Å². The number of aryl methyl sites for hydroxylation is 2. The predicted molar refractivity (Wildman–Crippen MR) is 192 cm³/mol. The zero-order valence-electron chi connectivity index (χ0n) is 26.1. The summed E-state index contributed by atoms with van der Waals surface area (Å²) in [7, 11) is 0. The Morgan fingerprint density at radius 1 is 0.386 bits per heavy atom. The van der Waals surface area contributed by atoms with E-state index in [0.717, 1.165) is 0 Å². The third kappa shape index (κ3) is 4.28. The van der Waals surface area contributed by atoms with Crippen LogP contribution in [-0.2, 0) is 5.41 Å². The molecular formula is C44H36. The molecule has 8 aromatic carbocycles. The van der Waals surface area contributed by atoms with Crippen molar-refractivity contribution in [3.8, 4) is 33.4 Å². The molecule has 0 saturated heterocycles. The van der Waals surface area contributed by atoms with Crippen LogP contribution in [0.1, 0.15) is 37.5 Å². The summed E-state index contributed by atoms with van der Waals surface area (Å²) >= 11 is 0. The minimum absolute atomic E-state index is 0.115. The first-order valence-electron chi connectivity index (χ1n) is 15.7. The fourth-order valence-corrected chi connectivity index (χ4v) is 7.12. The Labute approximate surface area is 259 Å². The Bertz CT molecular complexity index is 2360. The molecule has 8 rings (SSSR count). The van der Waals surface area contributed by atoms with Crippen LogP contribution in [0.3, 0.4) is 0 Å². The summed E-state index contributed by atoms with van der Waals surface area (Å²) in [6, 6.07) is 47.9. The zero-order valence-corrected chi connectivity index (χ0v) is 26.1. The molecule has 8 aromatic rings. The van der Waals surface area contributed by atoms with Gasteiger partial charge < -0.3 is 0 Å². The second-order valence-corrected chi connectivity index (χ2v) is 13.6. The summed E-state index contributed by atoms with van der Waals surface area (Å²) in [5, 5.41) is 10.6. The van der Waals surface area contributed by atoms with Gasteiger partial charge in [0.1, 0.15) is 0 Å². The van der Waals surface area contributed by atoms with Crippen LogP contribution in [0.2, 0.25) is 0 Å². The smallest absolute Gasteiger partial charge is 0.00206 e. The highest BCUT2D eigenvalue weighted by Crippen LogP contribution is 2.42. The molecular weight excluding hydrogens is 528 g/mol. The van der Waals surface area contributed by atoms with Gasteiger partial charge in [0.2, 0.25) is 0 Å². The molecule has 0 aromatic heterocycles. The lowest BCUT2D eigenvalue weighted by Crippen LogP contribution is -2.10. The molecule has 0 radical (unpaired) electrons. The summed E-state index contributed by atoms with van der Waals surface area (Å²) in [5.41, 5.74) is 11.8. The number of fused-ring (bicyclic) bond motifs is 1. The SMILES string of the molecule is Cc1ccccc1-c1ccc(-c2ccc3cc(-c4ccc5ccc6cc(C(C)(C)C)cc7ccc4c5c67)ccc3c2)cc1C. The molecule has 0 heterocycles. The van der Waals surface area contributed by atoms with E-state index >= 15 is 0 Å². The molecule has 212 valence electrons. The van der Waals surface area contributed by atoms with Crippen molar-refractivity contribution in [2.45, 2.75) is 40.0 Å². The van der Waals surface area contributed by atoms with E-state index in [1.165, 1.54) is 93.2 Å². The first-order valence-corrected chi connectivity index (χ1v) is 15.7. The Morgan fingerprint density at radius 3 is 1.66 bits per heavy atom. The van der Waals surface area contributed by atoms with Crippen molar-refractivity contribution in [3.63, 3.8) is 0 Å². The predicted octanol–water partition coefficient (Wildman–Crippen LogP) is 12.7. The zero-order chi connectivity index (χ0) is 30.2. The first kappa shape index (κ1) is 26.7. The van der Waals surface area contributed by atoms with E-state index in [0.29, 0.717) is 0 Å². The topological polar surface area (TPSA) is 0 Å². The Morgan fingerprint density at radius 2 is 0.932 bits per heavy atom. The minimum atomic E-state index is 0.115. The lowest BCUT2D eigenvalue weighted by molar-refractivity contribution is 0.591. The molecule has 0 amide bonds. The van der Waals surface area contributed by atoms with Crippen LogP contribution in [-0.4, -0.2) is 0 Å². The van der Waals surface area contributed by atoms with Crippen LogP contribution in [0.4, 0.5) is 0 Å². The summed E-state index contributed by atoms with van der Waals surface area (Å²) < 4.78 is 0. The molecule has 0 bridgehead atoms. The van der Waals surface area contributed by atoms with Gasteiger partial charge in [-0.05, 0) is 125 Å². The maximum atomic E-state index is 2.39. The standard InChI is InChI=1S/C44H36/c1-27-8-6-7-9-38(27)39-19-17-30(22-28(39)2)31-11-12-33-24-34(14-13-32(33)23-31)40-20-16-29-10-15-35-25-37(44(3,4)5)26-36-18-21-41(40)43(29)42(35)36/h6-26H,1-5H3. The van der Waals surface area contributed by atoms with Gasteiger partial charge in [0.15, 0.2) is 0 Å². The molecule has 0 saturated carbocycles. The van der Waals surface area contributed by atoms with E-state index in [1.807, 2.05) is 0 Å². The largest absolute Gasteiger partial charge is 0.0620 e. The normalized spacial score (nSPS) is 12.2. The highest BCUT2D eigenvalue weighted by molar-refractivity contribution is 6.25. The van der Waals surface area contributed by atoms with E-state index < -0.39 is 0 Å². The van der Waals surface area contributed by atoms with Gasteiger partial charge in [0.05, 0.1) is 0 Å². The average Bonchev–Trinajstić information content (AvgIpc) is 3.03. The number of hydrogen-bond acceptors (Lipinski definition) is 0. The molecule has 44 heavy (non-hydrogen) atoms. The van der Waals surface area contributed by atoms with Crippen LogP contribution in [0, 0.1) is 13.8 Å². The fraction of sp³-hybridized carbons (Fsp3) is 0.136. The highest BCUT2D eigenvalue weighted by atomic mass is 14.2. The molecule has 0 fully saturated rings. The number of hydrogen-bond donors (Lipinski definition) is 0. The Balaban J connectivity index is 1.20. The quantitative estimate of drug-likeness (QED) is 0.187. The Kier molecular flexibility index (Phi) is 5.94. The summed E-state index contributed by atoms with van der Waals surface area (Å²) in [6.45, 7) is 11.3. The Hall–Kier alpha value is -4.94. The van der Waals surface area contributed by atoms with E-state index in [1.54, 1.807) is 0 Å². The van der Waals surface area contributed by atoms with Gasteiger partial charge in [-0.2, -0.15) is 0 Å². The molecule has 0 aliphatic rings. The van der Waals surface area contributed by atoms with Crippen molar-refractivity contribution in [2.75, 3.05) is 0 Å². The lowest BCUT2D eigenvalue weighted by Gasteiger charge is -2.22. The van der Waals surface area contributed by atoms with Crippen molar-refractivity contribution < 1.29 is 0 Å². The monoisotopic (exact) mass is 564 g/mol. The van der Waals surface area contributed by atoms with E-state index in [9.17, 15) is 0 Å². The maximum absolute atomic E-state index is 2.39. The van der Waals surface area contributed by atoms with Gasteiger partial charge in [-0.15, -0.1) is 0 Å². The molecule has 0 aliphatic carbocycles. The van der Waals surface area contributed by atoms with Crippen LogP contribution in [0.15, 0.2) is 127 Å². The van der Waals surface area contributed by atoms with Gasteiger partial charge in [-0.25, -0.2) is 0 Å². The highest BCUT2D eigenvalue weighted by Gasteiger charge is 2.18. The van der Waals surface area contributed by atoms with Gasteiger partial charge in [0, 0.05) is 0 Å². The average molecular weight is 565 g/mol. The van der Waals surface area contributed by atoms with Gasteiger partial charge in [-0.1, -0.05) is 136 Å². The first-order chi connectivity index (χ1) is 21.2. The van der Waals surface area contributed by atoms with Crippen molar-refractivity contribution in [1.29, 1.82) is 0 Å². The van der Waals surface area contributed by atoms with Crippen LogP contribution in [0.25, 0.3) is 76.5 Å². The maximum Gasteiger partial charge on any atom is -0.00206 e. The third-order valence-electron chi connectivity index (χ3n) is 9.61. The summed E-state index contributed by atoms with van der Waals surface area (Å²) in [5.74, 6) is 0. The van der Waals surface area contributed by atoms with Gasteiger partial charge in [-0.3, -0.25) is 0 Å². The van der Waals surface area contributed by atoms with Crippen LogP contribution >= 0.6 is 0 Å². The van der Waals surface area contributed by atoms with E-state index in [-0.39, 0.29) is 5.41 Å². The number of rotatable bonds is 3. The molecule has 0 spiro atoms. The molecule has 0 nitrogen and oxygen atoms in total. The van der Waals surface area contributed by atoms with E-state index in [4.69, 9.17) is 0 Å². The van der Waals surface area contributed by atoms with Crippen molar-refractivity contribution in [2.24, 2.45) is 0 Å². The lowest BCUT2D eigenvalue weighted by atomic mass is 9.82. The van der Waals surface area contributed by atoms with Crippen molar-refractivity contribution in [3.05, 3.63) is 144 Å². The van der Waals surface area contributed by atoms with Crippen molar-refractivity contribution >= 4 is 43.1 Å². The number of benzene rings is 8. The molecule has 0 unspecified atom stereocenters. The second-order valence-electron chi connectivity index (χ2n) is 13.6. The van der Waals surface area contributed by atoms with Gasteiger partial charge in [0.25, 0.3) is 0 Å². The third-order valence-corrected chi connectivity index (χ3v) is 9.61. The summed E-state index contributed by atoms with van der Waals surface area (Å²) in [4.78, 5) is 0. The van der Waals surface area contributed by atoms with Gasteiger partial charge >= 0.3 is 0 Å². The van der Waals surface area contributed by atoms with E-state index in [2.05, 4.69) is 162 Å². The van der Waals surface area contributed by atoms with Crippen LogP contribution in [0.5, 0.6) is 0 Å². The molecule has 0 heteroatoms. The van der Waals surface area contributed by atoms with Crippen molar-refractivity contribution in [1.82, 2.24) is 0 Å². The minimum Gasteiger partial charge on any atom is -0.0620 e. The fourth-order valence-electron chi connectivity index (χ4n) is 7.12. The molecule has 0 atom stereocenters. The second kappa shape index (κ2) is 9.79. The molecule has 0 aliphatic heterocycles. The summed E-state index contributed by atoms with van der Waals surface area (Å²) in [6.07, 6.45) is 0.